The van der Waals surface area contributed by atoms with Gasteiger partial charge < -0.3 is 20.4 Å². The highest BCUT2D eigenvalue weighted by Crippen LogP contribution is 2.22. The second kappa shape index (κ2) is 5.68. The molecule has 0 bridgehead atoms. The van der Waals surface area contributed by atoms with E-state index in [1.54, 1.807) is 0 Å². The van der Waals surface area contributed by atoms with E-state index in [0.717, 1.165) is 29.6 Å². The first-order chi connectivity index (χ1) is 8.66. The van der Waals surface area contributed by atoms with Crippen molar-refractivity contribution in [3.63, 3.8) is 0 Å². The van der Waals surface area contributed by atoms with Gasteiger partial charge in [0.25, 0.3) is 0 Å². The molecular weight excluding hydrogens is 250 g/mol. The van der Waals surface area contributed by atoms with Crippen LogP contribution in [0, 0.1) is 4.77 Å². The number of aromatic amines is 2. The van der Waals surface area contributed by atoms with Gasteiger partial charge in [0, 0.05) is 6.42 Å². The number of amides is 1. The Morgan fingerprint density at radius 2 is 2.17 bits per heavy atom. The lowest BCUT2D eigenvalue weighted by molar-refractivity contribution is -0.118. The van der Waals surface area contributed by atoms with Crippen molar-refractivity contribution in [2.75, 3.05) is 6.61 Å². The Morgan fingerprint density at radius 3 is 2.94 bits per heavy atom. The van der Waals surface area contributed by atoms with Crippen LogP contribution in [-0.4, -0.2) is 22.5 Å². The second-order valence-corrected chi connectivity index (χ2v) is 4.44. The summed E-state index contributed by atoms with van der Waals surface area (Å²) in [5.41, 5.74) is 6.86. The molecule has 0 aliphatic rings. The number of aromatic nitrogens is 2. The molecule has 5 nitrogen and oxygen atoms in total. The van der Waals surface area contributed by atoms with E-state index in [-0.39, 0.29) is 5.91 Å². The van der Waals surface area contributed by atoms with E-state index in [1.807, 2.05) is 18.2 Å². The number of para-hydroxylation sites is 1. The van der Waals surface area contributed by atoms with E-state index in [0.29, 0.717) is 17.8 Å². The molecule has 0 saturated heterocycles. The van der Waals surface area contributed by atoms with Crippen molar-refractivity contribution >= 4 is 29.2 Å². The zero-order valence-electron chi connectivity index (χ0n) is 9.86. The maximum atomic E-state index is 10.6. The summed E-state index contributed by atoms with van der Waals surface area (Å²) < 4.78 is 6.24. The van der Waals surface area contributed by atoms with Crippen LogP contribution in [0.4, 0.5) is 0 Å². The molecule has 2 aromatic rings. The molecule has 1 amide bonds. The third-order valence-electron chi connectivity index (χ3n) is 2.59. The standard InChI is InChI=1S/C12H15N3O2S/c13-10(16)6-1-2-7-17-9-5-3-4-8-11(9)15-12(18)14-8/h3-5H,1-2,6-7H2,(H2,13,16)(H2,14,15,18). The zero-order chi connectivity index (χ0) is 13.0. The van der Waals surface area contributed by atoms with Crippen LogP contribution >= 0.6 is 12.2 Å². The van der Waals surface area contributed by atoms with E-state index in [4.69, 9.17) is 22.7 Å². The fraction of sp³-hybridized carbons (Fsp3) is 0.333. The largest absolute Gasteiger partial charge is 0.491 e. The normalized spacial score (nSPS) is 10.7. The molecule has 2 rings (SSSR count). The fourth-order valence-corrected chi connectivity index (χ4v) is 1.95. The van der Waals surface area contributed by atoms with Gasteiger partial charge in [-0.2, -0.15) is 0 Å². The highest BCUT2D eigenvalue weighted by atomic mass is 32.1. The summed E-state index contributed by atoms with van der Waals surface area (Å²) in [5, 5.41) is 0. The van der Waals surface area contributed by atoms with Crippen molar-refractivity contribution in [3.8, 4) is 5.75 Å². The zero-order valence-corrected chi connectivity index (χ0v) is 10.7. The average molecular weight is 265 g/mol. The van der Waals surface area contributed by atoms with Gasteiger partial charge in [-0.05, 0) is 37.2 Å². The number of hydrogen-bond donors (Lipinski definition) is 3. The summed E-state index contributed by atoms with van der Waals surface area (Å²) in [5.74, 6) is 0.491. The molecule has 1 aromatic carbocycles. The van der Waals surface area contributed by atoms with Crippen molar-refractivity contribution in [1.29, 1.82) is 0 Å². The summed E-state index contributed by atoms with van der Waals surface area (Å²) in [6.45, 7) is 0.554. The van der Waals surface area contributed by atoms with Crippen LogP contribution in [0.2, 0.25) is 0 Å². The van der Waals surface area contributed by atoms with Crippen molar-refractivity contribution in [2.24, 2.45) is 5.73 Å². The summed E-state index contributed by atoms with van der Waals surface area (Å²) in [4.78, 5) is 16.7. The molecule has 0 aliphatic carbocycles. The van der Waals surface area contributed by atoms with Crippen LogP contribution in [0.25, 0.3) is 11.0 Å². The van der Waals surface area contributed by atoms with Crippen LogP contribution in [0.3, 0.4) is 0 Å². The highest BCUT2D eigenvalue weighted by molar-refractivity contribution is 7.71. The van der Waals surface area contributed by atoms with Crippen LogP contribution in [0.1, 0.15) is 19.3 Å². The first kappa shape index (κ1) is 12.6. The molecule has 1 heterocycles. The molecule has 0 unspecified atom stereocenters. The van der Waals surface area contributed by atoms with Crippen molar-refractivity contribution in [3.05, 3.63) is 23.0 Å². The number of ether oxygens (including phenoxy) is 1. The van der Waals surface area contributed by atoms with E-state index >= 15 is 0 Å². The van der Waals surface area contributed by atoms with Gasteiger partial charge in [0.05, 0.1) is 12.1 Å². The van der Waals surface area contributed by atoms with Gasteiger partial charge >= 0.3 is 0 Å². The number of nitrogens with one attached hydrogen (secondary N) is 2. The van der Waals surface area contributed by atoms with Crippen LogP contribution in [0.5, 0.6) is 5.75 Å². The number of primary amides is 1. The summed E-state index contributed by atoms with van der Waals surface area (Å²) >= 11 is 5.04. The lowest BCUT2D eigenvalue weighted by Crippen LogP contribution is -2.10. The first-order valence-electron chi connectivity index (χ1n) is 5.79. The Bertz CT molecular complexity index is 603. The van der Waals surface area contributed by atoms with Crippen molar-refractivity contribution < 1.29 is 9.53 Å². The molecule has 6 heteroatoms. The maximum absolute atomic E-state index is 10.6. The minimum atomic E-state index is -0.271. The number of benzene rings is 1. The number of rotatable bonds is 6. The first-order valence-corrected chi connectivity index (χ1v) is 6.20. The number of fused-ring (bicyclic) bond motifs is 1. The Balaban J connectivity index is 1.95. The monoisotopic (exact) mass is 265 g/mol. The number of unbranched alkanes of at least 4 members (excludes halogenated alkanes) is 1. The van der Waals surface area contributed by atoms with Crippen LogP contribution in [0.15, 0.2) is 18.2 Å². The number of H-pyrrole nitrogens is 2. The Morgan fingerprint density at radius 1 is 1.33 bits per heavy atom. The van der Waals surface area contributed by atoms with E-state index in [2.05, 4.69) is 9.97 Å². The minimum absolute atomic E-state index is 0.271. The number of imidazole rings is 1. The molecule has 0 saturated carbocycles. The average Bonchev–Trinajstić information content (AvgIpc) is 2.69. The lowest BCUT2D eigenvalue weighted by atomic mass is 10.2. The number of nitrogens with two attached hydrogens (primary N) is 1. The Kier molecular flexibility index (Phi) is 3.99. The predicted octanol–water partition coefficient (Wildman–Crippen LogP) is 2.26. The Labute approximate surface area is 109 Å². The molecule has 0 aliphatic heterocycles. The lowest BCUT2D eigenvalue weighted by Gasteiger charge is -2.06. The van der Waals surface area contributed by atoms with Gasteiger partial charge in [-0.3, -0.25) is 4.79 Å². The molecular formula is C12H15N3O2S. The molecule has 18 heavy (non-hydrogen) atoms. The molecule has 0 spiro atoms. The van der Waals surface area contributed by atoms with Crippen molar-refractivity contribution in [2.45, 2.75) is 19.3 Å². The number of carbonyl (C=O) groups excluding carboxylic acids is 1. The fourth-order valence-electron chi connectivity index (χ4n) is 1.74. The van der Waals surface area contributed by atoms with E-state index < -0.39 is 0 Å². The quantitative estimate of drug-likeness (QED) is 0.553. The van der Waals surface area contributed by atoms with Gasteiger partial charge in [0.2, 0.25) is 5.91 Å². The van der Waals surface area contributed by atoms with Gasteiger partial charge in [-0.15, -0.1) is 0 Å². The van der Waals surface area contributed by atoms with Gasteiger partial charge in [0.15, 0.2) is 4.77 Å². The van der Waals surface area contributed by atoms with Gasteiger partial charge in [-0.25, -0.2) is 0 Å². The molecule has 0 fully saturated rings. The SMILES string of the molecule is NC(=O)CCCCOc1cccc2[nH]c(=S)[nH]c12. The predicted molar refractivity (Wildman–Crippen MR) is 72.0 cm³/mol. The minimum Gasteiger partial charge on any atom is -0.491 e. The molecule has 96 valence electrons. The topological polar surface area (TPSA) is 83.9 Å². The van der Waals surface area contributed by atoms with E-state index in [1.165, 1.54) is 0 Å². The van der Waals surface area contributed by atoms with Gasteiger partial charge in [-0.1, -0.05) is 6.07 Å². The van der Waals surface area contributed by atoms with Crippen molar-refractivity contribution in [1.82, 2.24) is 9.97 Å². The third-order valence-corrected chi connectivity index (χ3v) is 2.79. The third kappa shape index (κ3) is 3.10. The van der Waals surface area contributed by atoms with E-state index in [9.17, 15) is 4.79 Å². The smallest absolute Gasteiger partial charge is 0.217 e. The molecule has 0 atom stereocenters. The summed E-state index contributed by atoms with van der Waals surface area (Å²) in [6, 6.07) is 5.72. The molecule has 0 radical (unpaired) electrons. The number of hydrogen-bond acceptors (Lipinski definition) is 3. The van der Waals surface area contributed by atoms with Crippen LogP contribution < -0.4 is 10.5 Å². The molecule has 1 aromatic heterocycles. The summed E-state index contributed by atoms with van der Waals surface area (Å²) in [7, 11) is 0. The van der Waals surface area contributed by atoms with Crippen LogP contribution in [-0.2, 0) is 4.79 Å². The summed E-state index contributed by atoms with van der Waals surface area (Å²) in [6.07, 6.45) is 1.94. The Hall–Kier alpha value is -1.82. The highest BCUT2D eigenvalue weighted by Gasteiger charge is 2.04. The van der Waals surface area contributed by atoms with Gasteiger partial charge in [0.1, 0.15) is 11.3 Å². The number of carbonyl (C=O) groups is 1. The molecule has 4 N–H and O–H groups in total. The maximum Gasteiger partial charge on any atom is 0.217 e. The second-order valence-electron chi connectivity index (χ2n) is 4.03.